The fourth-order valence-corrected chi connectivity index (χ4v) is 3.10. The molecule has 124 valence electrons. The Hall–Kier alpha value is -3.14. The molecule has 0 aliphatic carbocycles. The van der Waals surface area contributed by atoms with E-state index < -0.39 is 0 Å². The largest absolute Gasteiger partial charge is 0.334 e. The van der Waals surface area contributed by atoms with Gasteiger partial charge in [-0.1, -0.05) is 42.5 Å². The Morgan fingerprint density at radius 2 is 1.76 bits per heavy atom. The van der Waals surface area contributed by atoms with Crippen molar-refractivity contribution in [3.63, 3.8) is 0 Å². The van der Waals surface area contributed by atoms with Gasteiger partial charge < -0.3 is 4.90 Å². The highest BCUT2D eigenvalue weighted by Crippen LogP contribution is 2.19. The van der Waals surface area contributed by atoms with Gasteiger partial charge in [-0.2, -0.15) is 5.10 Å². The average molecular weight is 329 g/mol. The van der Waals surface area contributed by atoms with Gasteiger partial charge in [0.05, 0.1) is 11.9 Å². The van der Waals surface area contributed by atoms with E-state index in [4.69, 9.17) is 0 Å². The number of carbonyl (C=O) groups excluding carboxylic acids is 1. The minimum absolute atomic E-state index is 0.0435. The molecule has 0 saturated carbocycles. The van der Waals surface area contributed by atoms with E-state index >= 15 is 0 Å². The molecule has 0 bridgehead atoms. The molecule has 0 unspecified atom stereocenters. The summed E-state index contributed by atoms with van der Waals surface area (Å²) in [7, 11) is 0. The maximum absolute atomic E-state index is 12.5. The summed E-state index contributed by atoms with van der Waals surface area (Å²) < 4.78 is 1.81. The average Bonchev–Trinajstić information content (AvgIpc) is 3.15. The number of nitrogens with zero attached hydrogens (tertiary/aromatic N) is 3. The lowest BCUT2D eigenvalue weighted by atomic mass is 10.00. The Bertz CT molecular complexity index is 912. The van der Waals surface area contributed by atoms with Gasteiger partial charge in [0.1, 0.15) is 0 Å². The zero-order chi connectivity index (χ0) is 17.1. The van der Waals surface area contributed by atoms with Crippen LogP contribution in [0.1, 0.15) is 16.7 Å². The van der Waals surface area contributed by atoms with Gasteiger partial charge in [-0.15, -0.1) is 0 Å². The predicted molar refractivity (Wildman–Crippen MR) is 98.2 cm³/mol. The van der Waals surface area contributed by atoms with Crippen molar-refractivity contribution in [3.8, 4) is 5.69 Å². The number of amides is 1. The molecular formula is C21H19N3O. The maximum atomic E-state index is 12.5. The molecule has 25 heavy (non-hydrogen) atoms. The first kappa shape index (κ1) is 15.4. The molecule has 0 N–H and O–H groups in total. The molecule has 1 aliphatic heterocycles. The van der Waals surface area contributed by atoms with Crippen LogP contribution in [-0.2, 0) is 17.8 Å². The van der Waals surface area contributed by atoms with Crippen LogP contribution in [0, 0.1) is 0 Å². The number of aromatic nitrogens is 2. The highest BCUT2D eigenvalue weighted by molar-refractivity contribution is 5.91. The smallest absolute Gasteiger partial charge is 0.246 e. The van der Waals surface area contributed by atoms with Gasteiger partial charge in [-0.05, 0) is 35.8 Å². The first-order valence-electron chi connectivity index (χ1n) is 8.43. The predicted octanol–water partition coefficient (Wildman–Crippen LogP) is 3.47. The van der Waals surface area contributed by atoms with Crippen LogP contribution >= 0.6 is 0 Å². The maximum Gasteiger partial charge on any atom is 0.246 e. The van der Waals surface area contributed by atoms with Crippen LogP contribution in [-0.4, -0.2) is 27.1 Å². The molecule has 3 aromatic rings. The standard InChI is InChI=1S/C21H19N3O/c25-21(23-13-12-18-6-4-5-7-19(18)16-23)11-10-17-14-22-24(15-17)20-8-2-1-3-9-20/h1-11,14-15H,12-13,16H2/b11-10+. The van der Waals surface area contributed by atoms with Crippen molar-refractivity contribution in [2.45, 2.75) is 13.0 Å². The van der Waals surface area contributed by atoms with Gasteiger partial charge in [0.2, 0.25) is 5.91 Å². The lowest BCUT2D eigenvalue weighted by Crippen LogP contribution is -2.34. The van der Waals surface area contributed by atoms with E-state index in [-0.39, 0.29) is 5.91 Å². The number of carbonyl (C=O) groups is 1. The monoisotopic (exact) mass is 329 g/mol. The van der Waals surface area contributed by atoms with E-state index in [2.05, 4.69) is 23.3 Å². The number of para-hydroxylation sites is 1. The Balaban J connectivity index is 1.44. The van der Waals surface area contributed by atoms with Crippen LogP contribution in [0.5, 0.6) is 0 Å². The summed E-state index contributed by atoms with van der Waals surface area (Å²) in [6.07, 6.45) is 8.07. The van der Waals surface area contributed by atoms with Crippen LogP contribution in [0.15, 0.2) is 73.1 Å². The van der Waals surface area contributed by atoms with E-state index in [9.17, 15) is 4.79 Å². The summed E-state index contributed by atoms with van der Waals surface area (Å²) in [5, 5.41) is 4.35. The van der Waals surface area contributed by atoms with Crippen LogP contribution in [0.25, 0.3) is 11.8 Å². The lowest BCUT2D eigenvalue weighted by Gasteiger charge is -2.27. The van der Waals surface area contributed by atoms with E-state index in [1.807, 2.05) is 53.6 Å². The molecule has 1 aliphatic rings. The third-order valence-corrected chi connectivity index (χ3v) is 4.48. The molecule has 1 amide bonds. The molecule has 4 nitrogen and oxygen atoms in total. The Labute approximate surface area is 147 Å². The first-order chi connectivity index (χ1) is 12.3. The summed E-state index contributed by atoms with van der Waals surface area (Å²) in [6, 6.07) is 18.2. The van der Waals surface area contributed by atoms with Gasteiger partial charge >= 0.3 is 0 Å². The number of hydrogen-bond donors (Lipinski definition) is 0. The van der Waals surface area contributed by atoms with E-state index in [1.54, 1.807) is 17.0 Å². The second kappa shape index (κ2) is 6.77. The van der Waals surface area contributed by atoms with Crippen molar-refractivity contribution < 1.29 is 4.79 Å². The van der Waals surface area contributed by atoms with Gasteiger partial charge in [0.15, 0.2) is 0 Å². The Morgan fingerprint density at radius 1 is 1.00 bits per heavy atom. The van der Waals surface area contributed by atoms with Crippen molar-refractivity contribution in [2.24, 2.45) is 0 Å². The Kier molecular flexibility index (Phi) is 4.17. The molecule has 2 aromatic carbocycles. The molecule has 0 fully saturated rings. The van der Waals surface area contributed by atoms with Gasteiger partial charge in [0, 0.05) is 30.9 Å². The summed E-state index contributed by atoms with van der Waals surface area (Å²) in [5.74, 6) is 0.0435. The zero-order valence-electron chi connectivity index (χ0n) is 13.9. The normalized spacial score (nSPS) is 13.8. The SMILES string of the molecule is O=C(/C=C/c1cnn(-c2ccccc2)c1)N1CCc2ccccc2C1. The fourth-order valence-electron chi connectivity index (χ4n) is 3.10. The molecule has 0 atom stereocenters. The van der Waals surface area contributed by atoms with Crippen LogP contribution in [0.2, 0.25) is 0 Å². The molecular weight excluding hydrogens is 310 g/mol. The van der Waals surface area contributed by atoms with Crippen LogP contribution < -0.4 is 0 Å². The summed E-state index contributed by atoms with van der Waals surface area (Å²) in [5.41, 5.74) is 4.50. The number of fused-ring (bicyclic) bond motifs is 1. The summed E-state index contributed by atoms with van der Waals surface area (Å²) >= 11 is 0. The first-order valence-corrected chi connectivity index (χ1v) is 8.43. The summed E-state index contributed by atoms with van der Waals surface area (Å²) in [4.78, 5) is 14.4. The molecule has 0 radical (unpaired) electrons. The second-order valence-corrected chi connectivity index (χ2v) is 6.17. The van der Waals surface area contributed by atoms with Gasteiger partial charge in [-0.3, -0.25) is 4.79 Å². The topological polar surface area (TPSA) is 38.1 Å². The van der Waals surface area contributed by atoms with Crippen molar-refractivity contribution in [1.29, 1.82) is 0 Å². The van der Waals surface area contributed by atoms with Crippen molar-refractivity contribution in [3.05, 3.63) is 89.8 Å². The van der Waals surface area contributed by atoms with Gasteiger partial charge in [-0.25, -0.2) is 4.68 Å². The van der Waals surface area contributed by atoms with Crippen molar-refractivity contribution >= 4 is 12.0 Å². The fraction of sp³-hybridized carbons (Fsp3) is 0.143. The highest BCUT2D eigenvalue weighted by Gasteiger charge is 2.18. The van der Waals surface area contributed by atoms with E-state index in [0.29, 0.717) is 6.54 Å². The quantitative estimate of drug-likeness (QED) is 0.690. The zero-order valence-corrected chi connectivity index (χ0v) is 13.9. The van der Waals surface area contributed by atoms with Crippen LogP contribution in [0.4, 0.5) is 0 Å². The number of benzene rings is 2. The van der Waals surface area contributed by atoms with E-state index in [1.165, 1.54) is 11.1 Å². The molecule has 2 heterocycles. The number of hydrogen-bond acceptors (Lipinski definition) is 2. The molecule has 4 rings (SSSR count). The Morgan fingerprint density at radius 3 is 2.60 bits per heavy atom. The lowest BCUT2D eigenvalue weighted by molar-refractivity contribution is -0.126. The third-order valence-electron chi connectivity index (χ3n) is 4.48. The van der Waals surface area contributed by atoms with Crippen molar-refractivity contribution in [1.82, 2.24) is 14.7 Å². The summed E-state index contributed by atoms with van der Waals surface area (Å²) in [6.45, 7) is 1.45. The van der Waals surface area contributed by atoms with Crippen LogP contribution in [0.3, 0.4) is 0 Å². The highest BCUT2D eigenvalue weighted by atomic mass is 16.2. The van der Waals surface area contributed by atoms with Crippen molar-refractivity contribution in [2.75, 3.05) is 6.54 Å². The van der Waals surface area contributed by atoms with Gasteiger partial charge in [0.25, 0.3) is 0 Å². The molecule has 1 aromatic heterocycles. The van der Waals surface area contributed by atoms with E-state index in [0.717, 1.165) is 24.2 Å². The minimum Gasteiger partial charge on any atom is -0.334 e. The molecule has 0 saturated heterocycles. The third kappa shape index (κ3) is 3.38. The second-order valence-electron chi connectivity index (χ2n) is 6.17. The minimum atomic E-state index is 0.0435. The number of rotatable bonds is 3. The molecule has 4 heteroatoms. The molecule has 0 spiro atoms.